The molecular formula is C24H32O6Si. The highest BCUT2D eigenvalue weighted by atomic mass is 28.3. The Hall–Kier alpha value is -2.80. The van der Waals surface area contributed by atoms with Crippen molar-refractivity contribution in [3.63, 3.8) is 0 Å². The standard InChI is InChI=1S/C24H32O6Si/c1-23(2,3)29-21(25)31(22(26)30-24(4,5)6,19-13-9-17(27-7)10-14-19)20-15-11-18(28-8)12-16-20/h9-16H,1-8H3. The van der Waals surface area contributed by atoms with Crippen LogP contribution in [0.15, 0.2) is 48.5 Å². The van der Waals surface area contributed by atoms with E-state index in [0.29, 0.717) is 21.9 Å². The third-order valence-corrected chi connectivity index (χ3v) is 8.28. The zero-order chi connectivity index (χ0) is 23.4. The monoisotopic (exact) mass is 444 g/mol. The minimum absolute atomic E-state index is 0.557. The Bertz CT molecular complexity index is 828. The van der Waals surface area contributed by atoms with Crippen LogP contribution in [0.2, 0.25) is 0 Å². The Kier molecular flexibility index (Phi) is 7.21. The first-order valence-electron chi connectivity index (χ1n) is 10.1. The Labute approximate surface area is 185 Å². The van der Waals surface area contributed by atoms with Crippen LogP contribution >= 0.6 is 0 Å². The third kappa shape index (κ3) is 5.67. The molecule has 0 aliphatic carbocycles. The van der Waals surface area contributed by atoms with E-state index in [1.165, 1.54) is 0 Å². The van der Waals surface area contributed by atoms with E-state index < -0.39 is 30.5 Å². The van der Waals surface area contributed by atoms with E-state index in [1.807, 2.05) is 0 Å². The second-order valence-electron chi connectivity index (χ2n) is 9.21. The number of carbonyl (C=O) groups excluding carboxylic acids is 2. The molecular weight excluding hydrogens is 412 g/mol. The van der Waals surface area contributed by atoms with Crippen LogP contribution in [0.3, 0.4) is 0 Å². The van der Waals surface area contributed by atoms with Crippen molar-refractivity contribution >= 4 is 29.6 Å². The van der Waals surface area contributed by atoms with Crippen molar-refractivity contribution in [2.24, 2.45) is 0 Å². The number of carbonyl (C=O) groups is 2. The quantitative estimate of drug-likeness (QED) is 0.619. The van der Waals surface area contributed by atoms with Gasteiger partial charge >= 0.3 is 8.07 Å². The minimum atomic E-state index is -3.88. The van der Waals surface area contributed by atoms with Crippen LogP contribution in [0.25, 0.3) is 0 Å². The van der Waals surface area contributed by atoms with Crippen molar-refractivity contribution in [1.29, 1.82) is 0 Å². The van der Waals surface area contributed by atoms with Crippen molar-refractivity contribution in [3.8, 4) is 11.5 Å². The number of methoxy groups -OCH3 is 2. The van der Waals surface area contributed by atoms with Gasteiger partial charge in [-0.3, -0.25) is 9.59 Å². The lowest BCUT2D eigenvalue weighted by atomic mass is 10.2. The molecule has 7 heteroatoms. The van der Waals surface area contributed by atoms with E-state index in [-0.39, 0.29) is 0 Å². The molecule has 0 amide bonds. The van der Waals surface area contributed by atoms with Crippen LogP contribution in [0, 0.1) is 0 Å². The molecule has 0 N–H and O–H groups in total. The Balaban J connectivity index is 2.82. The molecule has 0 radical (unpaired) electrons. The third-order valence-electron chi connectivity index (χ3n) is 4.46. The number of rotatable bonds is 6. The van der Waals surface area contributed by atoms with Crippen LogP contribution in [-0.4, -0.2) is 44.7 Å². The van der Waals surface area contributed by atoms with Crippen molar-refractivity contribution in [2.75, 3.05) is 14.2 Å². The predicted molar refractivity (Wildman–Crippen MR) is 123 cm³/mol. The molecule has 0 aliphatic heterocycles. The lowest BCUT2D eigenvalue weighted by Crippen LogP contribution is -2.71. The van der Waals surface area contributed by atoms with E-state index in [2.05, 4.69) is 0 Å². The smallest absolute Gasteiger partial charge is 0.370 e. The molecule has 0 saturated heterocycles. The zero-order valence-corrected chi connectivity index (χ0v) is 20.6. The molecule has 168 valence electrons. The summed E-state index contributed by atoms with van der Waals surface area (Å²) in [7, 11) is -0.758. The highest BCUT2D eigenvalue weighted by molar-refractivity contribution is 7.37. The van der Waals surface area contributed by atoms with Crippen LogP contribution in [-0.2, 0) is 9.47 Å². The summed E-state index contributed by atoms with van der Waals surface area (Å²) in [6.45, 7) is 10.7. The SMILES string of the molecule is COc1ccc([Si](C(=O)OC(C)(C)C)(C(=O)OC(C)(C)C)c2ccc(OC)cc2)cc1. The number of hydrogen-bond acceptors (Lipinski definition) is 6. The van der Waals surface area contributed by atoms with Crippen molar-refractivity contribution in [3.05, 3.63) is 48.5 Å². The summed E-state index contributed by atoms with van der Waals surface area (Å²) in [5.41, 5.74) is -2.72. The van der Waals surface area contributed by atoms with Gasteiger partial charge in [-0.2, -0.15) is 0 Å². The molecule has 0 saturated carbocycles. The maximum Gasteiger partial charge on any atom is 0.370 e. The summed E-state index contributed by atoms with van der Waals surface area (Å²) < 4.78 is 22.2. The van der Waals surface area contributed by atoms with Crippen LogP contribution < -0.4 is 19.8 Å². The fraction of sp³-hybridized carbons (Fsp3) is 0.417. The van der Waals surface area contributed by atoms with Crippen LogP contribution in [0.1, 0.15) is 41.5 Å². The largest absolute Gasteiger partial charge is 0.497 e. The van der Waals surface area contributed by atoms with E-state index in [1.54, 1.807) is 104 Å². The molecule has 2 aromatic rings. The van der Waals surface area contributed by atoms with Gasteiger partial charge in [0.05, 0.1) is 14.2 Å². The van der Waals surface area contributed by atoms with E-state index in [0.717, 1.165) is 0 Å². The lowest BCUT2D eigenvalue weighted by Gasteiger charge is -2.33. The second kappa shape index (κ2) is 9.14. The highest BCUT2D eigenvalue weighted by Gasteiger charge is 2.58. The van der Waals surface area contributed by atoms with Gasteiger partial charge in [0.15, 0.2) is 0 Å². The summed E-state index contributed by atoms with van der Waals surface area (Å²) in [6, 6.07) is 13.9. The Morgan fingerprint density at radius 3 is 1.13 bits per heavy atom. The van der Waals surface area contributed by atoms with Gasteiger partial charge in [0, 0.05) is 0 Å². The topological polar surface area (TPSA) is 71.1 Å². The number of benzene rings is 2. The number of hydrogen-bond donors (Lipinski definition) is 0. The first-order valence-corrected chi connectivity index (χ1v) is 12.1. The second-order valence-corrected chi connectivity index (χ2v) is 12.7. The molecule has 0 heterocycles. The lowest BCUT2D eigenvalue weighted by molar-refractivity contribution is 0.0639. The Morgan fingerprint density at radius 2 is 0.903 bits per heavy atom. The molecule has 0 fully saturated rings. The average Bonchev–Trinajstić information content (AvgIpc) is 2.67. The van der Waals surface area contributed by atoms with Crippen molar-refractivity contribution in [2.45, 2.75) is 52.7 Å². The maximum atomic E-state index is 13.8. The van der Waals surface area contributed by atoms with E-state index in [4.69, 9.17) is 18.9 Å². The van der Waals surface area contributed by atoms with Gasteiger partial charge in [-0.05, 0) is 76.2 Å². The molecule has 0 aromatic heterocycles. The summed E-state index contributed by atoms with van der Waals surface area (Å²) >= 11 is 0. The fourth-order valence-corrected chi connectivity index (χ4v) is 6.81. The average molecular weight is 445 g/mol. The van der Waals surface area contributed by atoms with Crippen LogP contribution in [0.5, 0.6) is 11.5 Å². The van der Waals surface area contributed by atoms with Crippen molar-refractivity contribution < 1.29 is 28.5 Å². The molecule has 31 heavy (non-hydrogen) atoms. The zero-order valence-electron chi connectivity index (χ0n) is 19.6. The predicted octanol–water partition coefficient (Wildman–Crippen LogP) is 4.30. The molecule has 2 rings (SSSR count). The van der Waals surface area contributed by atoms with Crippen LogP contribution in [0.4, 0.5) is 9.59 Å². The Morgan fingerprint density at radius 1 is 0.613 bits per heavy atom. The van der Waals surface area contributed by atoms with Gasteiger partial charge in [0.2, 0.25) is 0 Å². The summed E-state index contributed by atoms with van der Waals surface area (Å²) in [4.78, 5) is 27.6. The first-order chi connectivity index (χ1) is 14.3. The molecule has 2 aromatic carbocycles. The van der Waals surface area contributed by atoms with Gasteiger partial charge in [0.1, 0.15) is 22.7 Å². The molecule has 0 spiro atoms. The first kappa shape index (κ1) is 24.5. The highest BCUT2D eigenvalue weighted by Crippen LogP contribution is 2.23. The summed E-state index contributed by atoms with van der Waals surface area (Å²) in [6.07, 6.45) is 0. The van der Waals surface area contributed by atoms with Crippen molar-refractivity contribution in [1.82, 2.24) is 0 Å². The van der Waals surface area contributed by atoms with E-state index in [9.17, 15) is 9.59 Å². The molecule has 0 atom stereocenters. The summed E-state index contributed by atoms with van der Waals surface area (Å²) in [5.74, 6) is 1.24. The van der Waals surface area contributed by atoms with Gasteiger partial charge in [-0.15, -0.1) is 0 Å². The molecule has 0 unspecified atom stereocenters. The van der Waals surface area contributed by atoms with Gasteiger partial charge in [0.25, 0.3) is 11.2 Å². The maximum absolute atomic E-state index is 13.8. The van der Waals surface area contributed by atoms with E-state index >= 15 is 0 Å². The minimum Gasteiger partial charge on any atom is -0.497 e. The van der Waals surface area contributed by atoms with Gasteiger partial charge in [-0.1, -0.05) is 24.3 Å². The number of ether oxygens (including phenoxy) is 4. The van der Waals surface area contributed by atoms with Gasteiger partial charge < -0.3 is 18.9 Å². The molecule has 6 nitrogen and oxygen atoms in total. The fourth-order valence-electron chi connectivity index (χ4n) is 3.11. The molecule has 0 bridgehead atoms. The molecule has 0 aliphatic rings. The van der Waals surface area contributed by atoms with Gasteiger partial charge in [-0.25, -0.2) is 0 Å². The normalized spacial score (nSPS) is 12.1. The summed E-state index contributed by atoms with van der Waals surface area (Å²) in [5, 5.41) is 1.11.